The lowest BCUT2D eigenvalue weighted by Crippen LogP contribution is -2.36. The fourth-order valence-electron chi connectivity index (χ4n) is 2.60. The molecule has 2 rings (SSSR count). The third-order valence-corrected chi connectivity index (χ3v) is 3.83. The van der Waals surface area contributed by atoms with E-state index in [4.69, 9.17) is 4.74 Å². The first kappa shape index (κ1) is 15.3. The lowest BCUT2D eigenvalue weighted by Gasteiger charge is -2.22. The van der Waals surface area contributed by atoms with Gasteiger partial charge in [0.2, 0.25) is 0 Å². The average molecular weight is 278 g/mol. The summed E-state index contributed by atoms with van der Waals surface area (Å²) < 4.78 is 5.23. The van der Waals surface area contributed by atoms with Crippen LogP contribution in [0, 0.1) is 0 Å². The van der Waals surface area contributed by atoms with Crippen molar-refractivity contribution in [1.82, 2.24) is 9.80 Å². The van der Waals surface area contributed by atoms with Crippen LogP contribution in [0.15, 0.2) is 18.2 Å². The monoisotopic (exact) mass is 278 g/mol. The normalized spacial score (nSPS) is 17.8. The largest absolute Gasteiger partial charge is 0.497 e. The van der Waals surface area contributed by atoms with Gasteiger partial charge < -0.3 is 19.7 Å². The summed E-state index contributed by atoms with van der Waals surface area (Å²) in [5.41, 5.74) is 1.48. The van der Waals surface area contributed by atoms with Crippen LogP contribution in [0.25, 0.3) is 0 Å². The molecule has 1 heterocycles. The van der Waals surface area contributed by atoms with Gasteiger partial charge in [0.1, 0.15) is 5.75 Å². The lowest BCUT2D eigenvalue weighted by atomic mass is 9.77. The van der Waals surface area contributed by atoms with Gasteiger partial charge in [0, 0.05) is 19.6 Å². The molecule has 2 N–H and O–H groups in total. The minimum absolute atomic E-state index is 0.559. The summed E-state index contributed by atoms with van der Waals surface area (Å²) >= 11 is 0. The Hall–Kier alpha value is -1.08. The first-order chi connectivity index (χ1) is 9.60. The van der Waals surface area contributed by atoms with Crippen LogP contribution in [0.4, 0.5) is 0 Å². The van der Waals surface area contributed by atoms with Gasteiger partial charge in [-0.15, -0.1) is 0 Å². The minimum atomic E-state index is -1.44. The Labute approximate surface area is 120 Å². The van der Waals surface area contributed by atoms with Crippen LogP contribution in [-0.2, 0) is 6.54 Å². The van der Waals surface area contributed by atoms with Crippen LogP contribution in [0.5, 0.6) is 5.75 Å². The van der Waals surface area contributed by atoms with E-state index in [0.717, 1.165) is 50.5 Å². The van der Waals surface area contributed by atoms with Gasteiger partial charge in [-0.2, -0.15) is 0 Å². The molecule has 20 heavy (non-hydrogen) atoms. The van der Waals surface area contributed by atoms with Gasteiger partial charge in [-0.1, -0.05) is 6.07 Å². The van der Waals surface area contributed by atoms with E-state index in [9.17, 15) is 10.0 Å². The van der Waals surface area contributed by atoms with Gasteiger partial charge in [0.05, 0.1) is 7.11 Å². The molecule has 1 fully saturated rings. The molecular weight excluding hydrogens is 255 g/mol. The molecule has 0 atom stereocenters. The van der Waals surface area contributed by atoms with E-state index in [1.54, 1.807) is 19.2 Å². The quantitative estimate of drug-likeness (QED) is 0.728. The predicted octanol–water partition coefficient (Wildman–Crippen LogP) is -0.487. The molecule has 110 valence electrons. The van der Waals surface area contributed by atoms with Crippen LogP contribution in [0.3, 0.4) is 0 Å². The Balaban J connectivity index is 2.13. The molecule has 1 aliphatic heterocycles. The van der Waals surface area contributed by atoms with E-state index < -0.39 is 7.12 Å². The minimum Gasteiger partial charge on any atom is -0.497 e. The summed E-state index contributed by atoms with van der Waals surface area (Å²) in [6, 6.07) is 5.38. The van der Waals surface area contributed by atoms with Crippen LogP contribution < -0.4 is 10.2 Å². The molecule has 0 amide bonds. The summed E-state index contributed by atoms with van der Waals surface area (Å²) in [5.74, 6) is 0.747. The predicted molar refractivity (Wildman–Crippen MR) is 80.2 cm³/mol. The first-order valence-electron chi connectivity index (χ1n) is 7.04. The first-order valence-corrected chi connectivity index (χ1v) is 7.04. The van der Waals surface area contributed by atoms with E-state index in [0.29, 0.717) is 5.46 Å². The molecule has 0 bridgehead atoms. The van der Waals surface area contributed by atoms with Crippen molar-refractivity contribution in [1.29, 1.82) is 0 Å². The van der Waals surface area contributed by atoms with Gasteiger partial charge in [0.25, 0.3) is 0 Å². The number of ether oxygens (including phenoxy) is 1. The van der Waals surface area contributed by atoms with E-state index >= 15 is 0 Å². The van der Waals surface area contributed by atoms with Crippen LogP contribution >= 0.6 is 0 Å². The van der Waals surface area contributed by atoms with Crippen molar-refractivity contribution in [3.63, 3.8) is 0 Å². The highest BCUT2D eigenvalue weighted by atomic mass is 16.5. The molecule has 1 aromatic rings. The van der Waals surface area contributed by atoms with Crippen molar-refractivity contribution < 1.29 is 14.8 Å². The van der Waals surface area contributed by atoms with Crippen molar-refractivity contribution in [2.24, 2.45) is 0 Å². The van der Waals surface area contributed by atoms with E-state index in [-0.39, 0.29) is 0 Å². The fraction of sp³-hybridized carbons (Fsp3) is 0.571. The Morgan fingerprint density at radius 1 is 1.20 bits per heavy atom. The van der Waals surface area contributed by atoms with Gasteiger partial charge in [-0.3, -0.25) is 4.90 Å². The second kappa shape index (κ2) is 7.08. The zero-order valence-corrected chi connectivity index (χ0v) is 12.2. The van der Waals surface area contributed by atoms with E-state index in [1.807, 2.05) is 6.07 Å². The van der Waals surface area contributed by atoms with Gasteiger partial charge >= 0.3 is 7.12 Å². The summed E-state index contributed by atoms with van der Waals surface area (Å²) in [6.07, 6.45) is 1.14. The smallest absolute Gasteiger partial charge is 0.488 e. The van der Waals surface area contributed by atoms with Crippen molar-refractivity contribution >= 4 is 12.6 Å². The number of hydrogen-bond acceptors (Lipinski definition) is 5. The summed E-state index contributed by atoms with van der Waals surface area (Å²) in [6.45, 7) is 4.90. The molecule has 1 aromatic carbocycles. The third kappa shape index (κ3) is 3.96. The van der Waals surface area contributed by atoms with Gasteiger partial charge in [0.15, 0.2) is 0 Å². The molecule has 5 nitrogen and oxygen atoms in total. The van der Waals surface area contributed by atoms with Crippen LogP contribution in [0.1, 0.15) is 12.0 Å². The molecule has 1 saturated heterocycles. The topological polar surface area (TPSA) is 56.2 Å². The number of likely N-dealkylation sites (N-methyl/N-ethyl adjacent to an activating group) is 1. The second-order valence-electron chi connectivity index (χ2n) is 5.37. The molecule has 0 aliphatic carbocycles. The molecule has 1 aliphatic rings. The lowest BCUT2D eigenvalue weighted by molar-refractivity contribution is 0.269. The third-order valence-electron chi connectivity index (χ3n) is 3.83. The maximum atomic E-state index is 9.48. The molecule has 0 aromatic heterocycles. The second-order valence-corrected chi connectivity index (χ2v) is 5.37. The zero-order valence-electron chi connectivity index (χ0n) is 12.2. The number of rotatable bonds is 4. The van der Waals surface area contributed by atoms with Crippen LogP contribution in [-0.4, -0.2) is 67.3 Å². The summed E-state index contributed by atoms with van der Waals surface area (Å²) in [5, 5.41) is 19.0. The molecule has 0 radical (unpaired) electrons. The highest BCUT2D eigenvalue weighted by molar-refractivity contribution is 6.59. The van der Waals surface area contributed by atoms with Crippen molar-refractivity contribution in [3.8, 4) is 5.75 Å². The van der Waals surface area contributed by atoms with Gasteiger partial charge in [-0.05, 0) is 49.7 Å². The zero-order chi connectivity index (χ0) is 14.5. The summed E-state index contributed by atoms with van der Waals surface area (Å²) in [4.78, 5) is 4.68. The standard InChI is InChI=1S/C14H23BN2O3/c1-16-6-3-7-17(9-8-16)11-12-10-13(20-2)4-5-14(12)15(18)19/h4-5,10,18-19H,3,6-9,11H2,1-2H3. The summed E-state index contributed by atoms with van der Waals surface area (Å²) in [7, 11) is 2.32. The highest BCUT2D eigenvalue weighted by Gasteiger charge is 2.19. The van der Waals surface area contributed by atoms with Crippen molar-refractivity contribution in [2.75, 3.05) is 40.3 Å². The number of methoxy groups -OCH3 is 1. The van der Waals surface area contributed by atoms with Crippen molar-refractivity contribution in [3.05, 3.63) is 23.8 Å². The van der Waals surface area contributed by atoms with Crippen LogP contribution in [0.2, 0.25) is 0 Å². The highest BCUT2D eigenvalue weighted by Crippen LogP contribution is 2.14. The molecule has 0 saturated carbocycles. The SMILES string of the molecule is COc1ccc(B(O)O)c(CN2CCCN(C)CC2)c1. The molecular formula is C14H23BN2O3. The Kier molecular flexibility index (Phi) is 5.42. The molecule has 0 unspecified atom stereocenters. The van der Waals surface area contributed by atoms with E-state index in [1.165, 1.54) is 0 Å². The maximum absolute atomic E-state index is 9.48. The Morgan fingerprint density at radius 3 is 2.70 bits per heavy atom. The van der Waals surface area contributed by atoms with E-state index in [2.05, 4.69) is 16.8 Å². The Bertz CT molecular complexity index is 442. The number of nitrogens with zero attached hydrogens (tertiary/aromatic N) is 2. The number of hydrogen-bond donors (Lipinski definition) is 2. The fourth-order valence-corrected chi connectivity index (χ4v) is 2.60. The maximum Gasteiger partial charge on any atom is 0.488 e. The molecule has 6 heteroatoms. The average Bonchev–Trinajstić information content (AvgIpc) is 2.63. The van der Waals surface area contributed by atoms with Crippen molar-refractivity contribution in [2.45, 2.75) is 13.0 Å². The number of benzene rings is 1. The Morgan fingerprint density at radius 2 is 2.00 bits per heavy atom. The van der Waals surface area contributed by atoms with Gasteiger partial charge in [-0.25, -0.2) is 0 Å². The molecule has 0 spiro atoms.